The second-order valence-electron chi connectivity index (χ2n) is 7.73. The van der Waals surface area contributed by atoms with E-state index in [1.165, 1.54) is 42.9 Å². The van der Waals surface area contributed by atoms with Crippen molar-refractivity contribution in [2.45, 2.75) is 65.3 Å². The number of hydrogen-bond donors (Lipinski definition) is 1. The molecular weight excluding hydrogens is 344 g/mol. The van der Waals surface area contributed by atoms with Crippen LogP contribution in [0.25, 0.3) is 11.3 Å². The number of amides is 1. The van der Waals surface area contributed by atoms with Crippen LogP contribution < -0.4 is 10.9 Å². The molecule has 7 nitrogen and oxygen atoms in total. The van der Waals surface area contributed by atoms with Gasteiger partial charge in [0.15, 0.2) is 5.76 Å². The molecule has 0 aliphatic heterocycles. The van der Waals surface area contributed by atoms with Crippen LogP contribution >= 0.6 is 0 Å². The van der Waals surface area contributed by atoms with E-state index < -0.39 is 0 Å². The van der Waals surface area contributed by atoms with Gasteiger partial charge in [0, 0.05) is 24.2 Å². The topological polar surface area (TPSA) is 90.0 Å². The van der Waals surface area contributed by atoms with E-state index in [0.29, 0.717) is 29.5 Å². The molecular formula is C20H28N4O3. The lowest BCUT2D eigenvalue weighted by molar-refractivity contribution is -0.122. The Balaban J connectivity index is 1.74. The first-order chi connectivity index (χ1) is 12.9. The molecule has 1 aliphatic rings. The van der Waals surface area contributed by atoms with E-state index in [4.69, 9.17) is 4.52 Å². The summed E-state index contributed by atoms with van der Waals surface area (Å²) in [5.74, 6) is 0.973. The Hall–Kier alpha value is -2.44. The second kappa shape index (κ2) is 8.50. The standard InChI is InChI=1S/C20H28N4O3/c1-13(2)20-16(17-9-14(3)23-27-17)10-19(26)24(22-20)12-18(25)21-11-15-7-5-4-6-8-15/h9-10,13,15H,4-8,11-12H2,1-3H3,(H,21,25). The summed E-state index contributed by atoms with van der Waals surface area (Å²) < 4.78 is 6.54. The Morgan fingerprint density at radius 2 is 2.04 bits per heavy atom. The van der Waals surface area contributed by atoms with Crippen molar-refractivity contribution < 1.29 is 9.32 Å². The summed E-state index contributed by atoms with van der Waals surface area (Å²) in [5, 5.41) is 11.3. The first kappa shape index (κ1) is 19.3. The summed E-state index contributed by atoms with van der Waals surface area (Å²) in [6, 6.07) is 3.26. The van der Waals surface area contributed by atoms with Crippen molar-refractivity contribution in [1.82, 2.24) is 20.3 Å². The fraction of sp³-hybridized carbons (Fsp3) is 0.600. The number of carbonyl (C=O) groups is 1. The quantitative estimate of drug-likeness (QED) is 0.842. The highest BCUT2D eigenvalue weighted by molar-refractivity contribution is 5.75. The van der Waals surface area contributed by atoms with Crippen LogP contribution in [0.1, 0.15) is 63.3 Å². The lowest BCUT2D eigenvalue weighted by Crippen LogP contribution is -2.36. The van der Waals surface area contributed by atoms with E-state index in [2.05, 4.69) is 15.6 Å². The molecule has 1 saturated carbocycles. The monoisotopic (exact) mass is 372 g/mol. The van der Waals surface area contributed by atoms with Gasteiger partial charge in [-0.15, -0.1) is 0 Å². The molecule has 0 unspecified atom stereocenters. The molecule has 1 N–H and O–H groups in total. The van der Waals surface area contributed by atoms with Crippen molar-refractivity contribution in [3.05, 3.63) is 33.9 Å². The minimum absolute atomic E-state index is 0.0685. The molecule has 0 radical (unpaired) electrons. The summed E-state index contributed by atoms with van der Waals surface area (Å²) in [5.41, 5.74) is 1.77. The van der Waals surface area contributed by atoms with Gasteiger partial charge in [0.1, 0.15) is 6.54 Å². The number of aromatic nitrogens is 3. The van der Waals surface area contributed by atoms with Crippen molar-refractivity contribution in [2.75, 3.05) is 6.54 Å². The van der Waals surface area contributed by atoms with Crippen molar-refractivity contribution in [3.63, 3.8) is 0 Å². The summed E-state index contributed by atoms with van der Waals surface area (Å²) >= 11 is 0. The van der Waals surface area contributed by atoms with Crippen LogP contribution in [0.5, 0.6) is 0 Å². The molecule has 2 heterocycles. The molecule has 3 rings (SSSR count). The molecule has 27 heavy (non-hydrogen) atoms. The predicted molar refractivity (Wildman–Crippen MR) is 102 cm³/mol. The van der Waals surface area contributed by atoms with E-state index in [-0.39, 0.29) is 23.9 Å². The van der Waals surface area contributed by atoms with Crippen LogP contribution in [0.2, 0.25) is 0 Å². The lowest BCUT2D eigenvalue weighted by atomic mass is 9.89. The van der Waals surface area contributed by atoms with Crippen LogP contribution in [0, 0.1) is 12.8 Å². The molecule has 2 aromatic heterocycles. The number of aryl methyl sites for hydroxylation is 1. The maximum atomic E-state index is 12.5. The molecule has 0 atom stereocenters. The maximum absolute atomic E-state index is 12.5. The van der Waals surface area contributed by atoms with Gasteiger partial charge in [-0.25, -0.2) is 4.68 Å². The van der Waals surface area contributed by atoms with Gasteiger partial charge in [0.2, 0.25) is 5.91 Å². The van der Waals surface area contributed by atoms with Crippen molar-refractivity contribution in [1.29, 1.82) is 0 Å². The van der Waals surface area contributed by atoms with Crippen LogP contribution in [-0.4, -0.2) is 27.4 Å². The van der Waals surface area contributed by atoms with Crippen molar-refractivity contribution in [3.8, 4) is 11.3 Å². The van der Waals surface area contributed by atoms with E-state index >= 15 is 0 Å². The fourth-order valence-electron chi connectivity index (χ4n) is 3.57. The molecule has 1 fully saturated rings. The van der Waals surface area contributed by atoms with E-state index in [1.807, 2.05) is 20.8 Å². The molecule has 0 spiro atoms. The molecule has 1 amide bonds. The first-order valence-corrected chi connectivity index (χ1v) is 9.76. The first-order valence-electron chi connectivity index (χ1n) is 9.76. The van der Waals surface area contributed by atoms with Crippen LogP contribution in [0.15, 0.2) is 21.5 Å². The summed E-state index contributed by atoms with van der Waals surface area (Å²) in [7, 11) is 0. The van der Waals surface area contributed by atoms with Gasteiger partial charge in [-0.05, 0) is 31.6 Å². The third kappa shape index (κ3) is 4.84. The van der Waals surface area contributed by atoms with Crippen LogP contribution in [0.4, 0.5) is 0 Å². The zero-order valence-electron chi connectivity index (χ0n) is 16.3. The van der Waals surface area contributed by atoms with E-state index in [0.717, 1.165) is 5.69 Å². The van der Waals surface area contributed by atoms with Crippen LogP contribution in [-0.2, 0) is 11.3 Å². The molecule has 1 aliphatic carbocycles. The Bertz CT molecular complexity index is 847. The molecule has 0 aromatic carbocycles. The van der Waals surface area contributed by atoms with Gasteiger partial charge in [0.05, 0.1) is 11.4 Å². The lowest BCUT2D eigenvalue weighted by Gasteiger charge is -2.21. The normalized spacial score (nSPS) is 15.3. The largest absolute Gasteiger partial charge is 0.356 e. The van der Waals surface area contributed by atoms with Gasteiger partial charge in [-0.3, -0.25) is 9.59 Å². The maximum Gasteiger partial charge on any atom is 0.267 e. The Kier molecular flexibility index (Phi) is 6.08. The van der Waals surface area contributed by atoms with Crippen molar-refractivity contribution in [2.24, 2.45) is 5.92 Å². The fourth-order valence-corrected chi connectivity index (χ4v) is 3.57. The van der Waals surface area contributed by atoms with Gasteiger partial charge in [-0.1, -0.05) is 38.3 Å². The predicted octanol–water partition coefficient (Wildman–Crippen LogP) is 3.03. The van der Waals surface area contributed by atoms with Gasteiger partial charge < -0.3 is 9.84 Å². The van der Waals surface area contributed by atoms with Gasteiger partial charge in [-0.2, -0.15) is 5.10 Å². The smallest absolute Gasteiger partial charge is 0.267 e. The molecule has 0 bridgehead atoms. The Morgan fingerprint density at radius 1 is 1.30 bits per heavy atom. The third-order valence-corrected chi connectivity index (χ3v) is 5.07. The molecule has 2 aromatic rings. The minimum atomic E-state index is -0.323. The van der Waals surface area contributed by atoms with Crippen LogP contribution in [0.3, 0.4) is 0 Å². The second-order valence-corrected chi connectivity index (χ2v) is 7.73. The number of hydrogen-bond acceptors (Lipinski definition) is 5. The molecule has 146 valence electrons. The number of carbonyl (C=O) groups excluding carboxylic acids is 1. The average molecular weight is 372 g/mol. The molecule has 7 heteroatoms. The summed E-state index contributed by atoms with van der Waals surface area (Å²) in [4.78, 5) is 24.8. The zero-order valence-corrected chi connectivity index (χ0v) is 16.3. The Labute approximate surface area is 159 Å². The summed E-state index contributed by atoms with van der Waals surface area (Å²) in [6.07, 6.45) is 6.10. The highest BCUT2D eigenvalue weighted by Crippen LogP contribution is 2.26. The van der Waals surface area contributed by atoms with Gasteiger partial charge in [0.25, 0.3) is 5.56 Å². The average Bonchev–Trinajstić information content (AvgIpc) is 3.08. The minimum Gasteiger partial charge on any atom is -0.356 e. The number of rotatable bonds is 6. The van der Waals surface area contributed by atoms with E-state index in [9.17, 15) is 9.59 Å². The summed E-state index contributed by atoms with van der Waals surface area (Å²) in [6.45, 7) is 6.43. The number of nitrogens with zero attached hydrogens (tertiary/aromatic N) is 3. The number of nitrogens with one attached hydrogen (secondary N) is 1. The SMILES string of the molecule is Cc1cc(-c2cc(=O)n(CC(=O)NCC3CCCCC3)nc2C(C)C)on1. The van der Waals surface area contributed by atoms with E-state index in [1.54, 1.807) is 6.07 Å². The van der Waals surface area contributed by atoms with Gasteiger partial charge >= 0.3 is 0 Å². The highest BCUT2D eigenvalue weighted by atomic mass is 16.5. The van der Waals surface area contributed by atoms with Crippen molar-refractivity contribution >= 4 is 5.91 Å². The highest BCUT2D eigenvalue weighted by Gasteiger charge is 2.19. The Morgan fingerprint density at radius 3 is 2.67 bits per heavy atom. The molecule has 0 saturated heterocycles. The zero-order chi connectivity index (χ0) is 19.4. The third-order valence-electron chi connectivity index (χ3n) is 5.07.